The van der Waals surface area contributed by atoms with Crippen LogP contribution in [0.1, 0.15) is 38.7 Å². The number of hydrogen-bond donors (Lipinski definition) is 2. The van der Waals surface area contributed by atoms with Crippen molar-refractivity contribution in [2.24, 2.45) is 11.8 Å². The number of rotatable bonds is 8. The molecule has 2 unspecified atom stereocenters. The lowest BCUT2D eigenvalue weighted by atomic mass is 9.93. The highest BCUT2D eigenvalue weighted by atomic mass is 19.4. The van der Waals surface area contributed by atoms with Crippen LogP contribution in [-0.4, -0.2) is 73.0 Å². The number of amides is 4. The number of benzene rings is 1. The Morgan fingerprint density at radius 3 is 2.43 bits per heavy atom. The maximum Gasteiger partial charge on any atom is 0.573 e. The number of urea groups is 2. The lowest BCUT2D eigenvalue weighted by Crippen LogP contribution is -2.58. The summed E-state index contributed by atoms with van der Waals surface area (Å²) in [5, 5.41) is 5.23. The summed E-state index contributed by atoms with van der Waals surface area (Å²) in [5.74, 6) is -2.47. The second-order valence-electron chi connectivity index (χ2n) is 9.60. The van der Waals surface area contributed by atoms with Gasteiger partial charge in [-0.25, -0.2) is 14.0 Å². The maximum absolute atomic E-state index is 14.3. The molecule has 13 heteroatoms. The van der Waals surface area contributed by atoms with E-state index in [0.717, 1.165) is 25.0 Å². The van der Waals surface area contributed by atoms with E-state index in [9.17, 15) is 31.9 Å². The predicted octanol–water partition coefficient (Wildman–Crippen LogP) is 3.63. The number of esters is 1. The van der Waals surface area contributed by atoms with Crippen molar-refractivity contribution in [3.8, 4) is 5.75 Å². The Kier molecular flexibility index (Phi) is 9.08. The molecule has 4 amide bonds. The van der Waals surface area contributed by atoms with Crippen molar-refractivity contribution in [2.45, 2.75) is 58.1 Å². The van der Waals surface area contributed by atoms with Gasteiger partial charge in [0.05, 0.1) is 18.6 Å². The SMILES string of the molecule is CNC(=O)N1CC(COC(=O)C(C)C)CC(N(C(=O)NCc2ccc(OC(F)(F)F)cc2F)C2CC2)C1. The van der Waals surface area contributed by atoms with Gasteiger partial charge in [0.1, 0.15) is 11.6 Å². The third-order valence-corrected chi connectivity index (χ3v) is 6.21. The Morgan fingerprint density at radius 1 is 1.16 bits per heavy atom. The summed E-state index contributed by atoms with van der Waals surface area (Å²) >= 11 is 0. The number of halogens is 4. The van der Waals surface area contributed by atoms with Crippen LogP contribution in [0, 0.1) is 17.7 Å². The second kappa shape index (κ2) is 11.9. The average molecular weight is 533 g/mol. The fraction of sp³-hybridized carbons (Fsp3) is 0.625. The Labute approximate surface area is 212 Å². The van der Waals surface area contributed by atoms with Gasteiger partial charge in [-0.3, -0.25) is 4.79 Å². The van der Waals surface area contributed by atoms with Gasteiger partial charge in [-0.15, -0.1) is 13.2 Å². The molecule has 1 heterocycles. The van der Waals surface area contributed by atoms with Crippen LogP contribution in [0.25, 0.3) is 0 Å². The zero-order chi connectivity index (χ0) is 27.3. The molecule has 0 bridgehead atoms. The van der Waals surface area contributed by atoms with Crippen LogP contribution in [0.3, 0.4) is 0 Å². The number of nitrogens with zero attached hydrogens (tertiary/aromatic N) is 2. The number of piperidine rings is 1. The van der Waals surface area contributed by atoms with Gasteiger partial charge >= 0.3 is 24.4 Å². The van der Waals surface area contributed by atoms with Crippen LogP contribution in [-0.2, 0) is 16.1 Å². The van der Waals surface area contributed by atoms with Crippen LogP contribution in [0.4, 0.5) is 27.2 Å². The average Bonchev–Trinajstić information content (AvgIpc) is 3.65. The summed E-state index contributed by atoms with van der Waals surface area (Å²) in [6.07, 6.45) is -2.90. The van der Waals surface area contributed by atoms with Crippen molar-refractivity contribution < 1.29 is 41.4 Å². The minimum atomic E-state index is -4.94. The number of carbonyl (C=O) groups excluding carboxylic acids is 3. The first-order valence-electron chi connectivity index (χ1n) is 12.1. The Hall–Kier alpha value is -3.25. The largest absolute Gasteiger partial charge is 0.573 e. The van der Waals surface area contributed by atoms with Gasteiger partial charge in [-0.2, -0.15) is 0 Å². The number of nitrogens with one attached hydrogen (secondary N) is 2. The molecular weight excluding hydrogens is 500 g/mol. The molecule has 1 aromatic rings. The van der Waals surface area contributed by atoms with Gasteiger partial charge in [0.2, 0.25) is 0 Å². The number of ether oxygens (including phenoxy) is 2. The molecule has 2 aliphatic rings. The highest BCUT2D eigenvalue weighted by Crippen LogP contribution is 2.33. The minimum Gasteiger partial charge on any atom is -0.465 e. The first kappa shape index (κ1) is 28.3. The molecule has 3 rings (SSSR count). The maximum atomic E-state index is 14.3. The summed E-state index contributed by atoms with van der Waals surface area (Å²) in [5.41, 5.74) is -0.00673. The van der Waals surface area contributed by atoms with Gasteiger partial charge in [-0.1, -0.05) is 19.9 Å². The molecule has 2 atom stereocenters. The van der Waals surface area contributed by atoms with E-state index >= 15 is 0 Å². The van der Waals surface area contributed by atoms with E-state index in [2.05, 4.69) is 15.4 Å². The highest BCUT2D eigenvalue weighted by Gasteiger charge is 2.42. The fourth-order valence-electron chi connectivity index (χ4n) is 4.30. The van der Waals surface area contributed by atoms with Gasteiger partial charge < -0.3 is 29.9 Å². The Bertz CT molecular complexity index is 986. The molecule has 1 aliphatic heterocycles. The molecule has 206 valence electrons. The van der Waals surface area contributed by atoms with Crippen LogP contribution in [0.5, 0.6) is 5.75 Å². The summed E-state index contributed by atoms with van der Waals surface area (Å²) in [7, 11) is 1.50. The first-order chi connectivity index (χ1) is 17.4. The quantitative estimate of drug-likeness (QED) is 0.394. The highest BCUT2D eigenvalue weighted by molar-refractivity contribution is 5.76. The molecule has 0 radical (unpaired) electrons. The summed E-state index contributed by atoms with van der Waals surface area (Å²) in [4.78, 5) is 40.8. The van der Waals surface area contributed by atoms with E-state index in [0.29, 0.717) is 19.0 Å². The molecule has 1 saturated heterocycles. The van der Waals surface area contributed by atoms with E-state index in [1.807, 2.05) is 0 Å². The molecule has 37 heavy (non-hydrogen) atoms. The predicted molar refractivity (Wildman–Crippen MR) is 124 cm³/mol. The smallest absolute Gasteiger partial charge is 0.465 e. The van der Waals surface area contributed by atoms with E-state index in [4.69, 9.17) is 4.74 Å². The molecule has 9 nitrogen and oxygen atoms in total. The van der Waals surface area contributed by atoms with Crippen LogP contribution in [0.2, 0.25) is 0 Å². The summed E-state index contributed by atoms with van der Waals surface area (Å²) in [6.45, 7) is 3.94. The van der Waals surface area contributed by atoms with E-state index in [1.54, 1.807) is 23.6 Å². The lowest BCUT2D eigenvalue weighted by molar-refractivity contribution is -0.274. The Balaban J connectivity index is 1.68. The van der Waals surface area contributed by atoms with E-state index < -0.39 is 24.0 Å². The zero-order valence-electron chi connectivity index (χ0n) is 20.9. The zero-order valence-corrected chi connectivity index (χ0v) is 20.9. The van der Waals surface area contributed by atoms with Crippen molar-refractivity contribution >= 4 is 18.0 Å². The van der Waals surface area contributed by atoms with Crippen molar-refractivity contribution in [3.63, 3.8) is 0 Å². The second-order valence-corrected chi connectivity index (χ2v) is 9.60. The standard InChI is InChI=1S/C24H32F4N4O5/c1-14(2)21(33)36-13-15-8-18(12-31(11-15)22(34)29-3)32(17-5-6-17)23(35)30-10-16-4-7-19(9-20(16)25)37-24(26,27)28/h4,7,9,14-15,17-18H,5-6,8,10-13H2,1-3H3,(H,29,34)(H,30,35). The summed E-state index contributed by atoms with van der Waals surface area (Å²) < 4.78 is 60.5. The molecule has 2 N–H and O–H groups in total. The number of carbonyl (C=O) groups is 3. The molecular formula is C24H32F4N4O5. The first-order valence-corrected chi connectivity index (χ1v) is 12.1. The van der Waals surface area contributed by atoms with Crippen LogP contribution in [0.15, 0.2) is 18.2 Å². The molecule has 0 spiro atoms. The topological polar surface area (TPSA) is 100 Å². The van der Waals surface area contributed by atoms with Gasteiger partial charge in [0.25, 0.3) is 0 Å². The van der Waals surface area contributed by atoms with Crippen molar-refractivity contribution in [3.05, 3.63) is 29.6 Å². The number of hydrogen-bond acceptors (Lipinski definition) is 5. The minimum absolute atomic E-state index is 0.00673. The van der Waals surface area contributed by atoms with Crippen molar-refractivity contribution in [1.29, 1.82) is 0 Å². The number of likely N-dealkylation sites (tertiary alicyclic amines) is 1. The third kappa shape index (κ3) is 8.12. The van der Waals surface area contributed by atoms with Crippen molar-refractivity contribution in [2.75, 3.05) is 26.7 Å². The molecule has 0 aromatic heterocycles. The lowest BCUT2D eigenvalue weighted by Gasteiger charge is -2.42. The molecule has 1 aromatic carbocycles. The molecule has 1 saturated carbocycles. The number of alkyl halides is 3. The van der Waals surface area contributed by atoms with E-state index in [-0.39, 0.29) is 61.2 Å². The normalized spacial score (nSPS) is 19.8. The van der Waals surface area contributed by atoms with Gasteiger partial charge in [-0.05, 0) is 25.3 Å². The Morgan fingerprint density at radius 2 is 1.86 bits per heavy atom. The molecule has 2 fully saturated rings. The fourth-order valence-corrected chi connectivity index (χ4v) is 4.30. The van der Waals surface area contributed by atoms with Crippen molar-refractivity contribution in [1.82, 2.24) is 20.4 Å². The monoisotopic (exact) mass is 532 g/mol. The summed E-state index contributed by atoms with van der Waals surface area (Å²) in [6, 6.07) is 1.49. The van der Waals surface area contributed by atoms with Crippen LogP contribution < -0.4 is 15.4 Å². The molecule has 1 aliphatic carbocycles. The van der Waals surface area contributed by atoms with Gasteiger partial charge in [0, 0.05) is 50.3 Å². The van der Waals surface area contributed by atoms with E-state index in [1.165, 1.54) is 7.05 Å². The third-order valence-electron chi connectivity index (χ3n) is 6.21. The van der Waals surface area contributed by atoms with Crippen LogP contribution >= 0.6 is 0 Å². The van der Waals surface area contributed by atoms with Gasteiger partial charge in [0.15, 0.2) is 0 Å².